The smallest absolute Gasteiger partial charge is 0.290 e. The first kappa shape index (κ1) is 18.4. The second-order valence-corrected chi connectivity index (χ2v) is 7.33. The highest BCUT2D eigenvalue weighted by Gasteiger charge is 2.42. The molecule has 0 radical (unpaired) electrons. The van der Waals surface area contributed by atoms with Gasteiger partial charge in [0.1, 0.15) is 5.58 Å². The first-order chi connectivity index (χ1) is 13.5. The highest BCUT2D eigenvalue weighted by atomic mass is 16.5. The van der Waals surface area contributed by atoms with Gasteiger partial charge >= 0.3 is 0 Å². The lowest BCUT2D eigenvalue weighted by Gasteiger charge is -2.25. The average Bonchev–Trinajstić information content (AvgIpc) is 2.96. The molecule has 0 aliphatic carbocycles. The number of carbonyl (C=O) groups excluding carboxylic acids is 1. The van der Waals surface area contributed by atoms with Crippen LogP contribution in [0.1, 0.15) is 45.3 Å². The number of carbonyl (C=O) groups is 1. The number of aryl methyl sites for hydroxylation is 2. The van der Waals surface area contributed by atoms with E-state index in [0.717, 1.165) is 16.7 Å². The number of hydrogen-bond donors (Lipinski definition) is 0. The second kappa shape index (κ2) is 7.24. The van der Waals surface area contributed by atoms with Crippen LogP contribution in [-0.4, -0.2) is 31.1 Å². The lowest BCUT2D eigenvalue weighted by Crippen LogP contribution is -2.31. The molecular weight excluding hydrogens is 354 g/mol. The predicted octanol–water partition coefficient (Wildman–Crippen LogP) is 3.99. The van der Waals surface area contributed by atoms with Crippen molar-refractivity contribution < 1.29 is 13.9 Å². The summed E-state index contributed by atoms with van der Waals surface area (Å²) in [4.78, 5) is 28.3. The van der Waals surface area contributed by atoms with Gasteiger partial charge in [-0.1, -0.05) is 41.5 Å². The summed E-state index contributed by atoms with van der Waals surface area (Å²) in [5.74, 6) is -0.0828. The molecular formula is C23H23NO4. The van der Waals surface area contributed by atoms with Gasteiger partial charge < -0.3 is 14.1 Å². The van der Waals surface area contributed by atoms with E-state index in [9.17, 15) is 9.59 Å². The van der Waals surface area contributed by atoms with Crippen LogP contribution in [0.2, 0.25) is 0 Å². The van der Waals surface area contributed by atoms with Crippen LogP contribution >= 0.6 is 0 Å². The fourth-order valence-corrected chi connectivity index (χ4v) is 3.84. The van der Waals surface area contributed by atoms with Crippen LogP contribution in [-0.2, 0) is 4.74 Å². The Balaban J connectivity index is 1.92. The quantitative estimate of drug-likeness (QED) is 0.631. The molecule has 1 amide bonds. The van der Waals surface area contributed by atoms with Crippen molar-refractivity contribution in [2.24, 2.45) is 0 Å². The van der Waals surface area contributed by atoms with Crippen molar-refractivity contribution in [1.82, 2.24) is 4.90 Å². The predicted molar refractivity (Wildman–Crippen MR) is 108 cm³/mol. The molecule has 3 aromatic rings. The van der Waals surface area contributed by atoms with E-state index in [1.165, 1.54) is 0 Å². The molecule has 5 heteroatoms. The summed E-state index contributed by atoms with van der Waals surface area (Å²) < 4.78 is 11.1. The molecule has 1 aliphatic rings. The number of amides is 1. The normalized spacial score (nSPS) is 16.0. The van der Waals surface area contributed by atoms with Crippen molar-refractivity contribution in [3.63, 3.8) is 0 Å². The third-order valence-electron chi connectivity index (χ3n) is 5.26. The summed E-state index contributed by atoms with van der Waals surface area (Å²) in [5, 5.41) is 0.516. The largest absolute Gasteiger partial charge is 0.450 e. The number of methoxy groups -OCH3 is 1. The van der Waals surface area contributed by atoms with E-state index >= 15 is 0 Å². The Hall–Kier alpha value is -2.92. The summed E-state index contributed by atoms with van der Waals surface area (Å²) >= 11 is 0. The third-order valence-corrected chi connectivity index (χ3v) is 5.26. The van der Waals surface area contributed by atoms with Crippen LogP contribution in [0, 0.1) is 13.8 Å². The van der Waals surface area contributed by atoms with Gasteiger partial charge in [0.25, 0.3) is 5.91 Å². The first-order valence-corrected chi connectivity index (χ1v) is 9.45. The van der Waals surface area contributed by atoms with Gasteiger partial charge in [-0.15, -0.1) is 0 Å². The van der Waals surface area contributed by atoms with Gasteiger partial charge in [0.15, 0.2) is 5.43 Å². The lowest BCUT2D eigenvalue weighted by molar-refractivity contribution is 0.0708. The number of fused-ring (bicyclic) bond motifs is 2. The molecule has 0 N–H and O–H groups in total. The average molecular weight is 377 g/mol. The zero-order valence-corrected chi connectivity index (χ0v) is 16.3. The monoisotopic (exact) mass is 377 g/mol. The molecule has 28 heavy (non-hydrogen) atoms. The molecule has 1 atom stereocenters. The summed E-state index contributed by atoms with van der Waals surface area (Å²) in [6.07, 6.45) is 0.686. The molecule has 0 saturated heterocycles. The first-order valence-electron chi connectivity index (χ1n) is 9.45. The minimum atomic E-state index is -0.443. The van der Waals surface area contributed by atoms with Gasteiger partial charge in [0.2, 0.25) is 5.76 Å². The van der Waals surface area contributed by atoms with Crippen molar-refractivity contribution in [1.29, 1.82) is 0 Å². The summed E-state index contributed by atoms with van der Waals surface area (Å²) in [5.41, 5.74) is 3.77. The van der Waals surface area contributed by atoms with Crippen LogP contribution in [0.15, 0.2) is 51.7 Å². The number of rotatable bonds is 5. The third kappa shape index (κ3) is 3.02. The van der Waals surface area contributed by atoms with Gasteiger partial charge in [-0.3, -0.25) is 9.59 Å². The van der Waals surface area contributed by atoms with Crippen LogP contribution < -0.4 is 5.43 Å². The molecule has 1 aliphatic heterocycles. The standard InChI is InChI=1S/C23H23NO4/c1-14-5-8-16(9-6-14)20-19-21(25)17-13-15(2)7-10-18(17)28-22(19)23(26)24(20)11-4-12-27-3/h5-10,13,20H,4,11-12H2,1-3H3. The highest BCUT2D eigenvalue weighted by Crippen LogP contribution is 2.38. The maximum absolute atomic E-state index is 13.4. The molecule has 1 aromatic heterocycles. The van der Waals surface area contributed by atoms with Crippen molar-refractivity contribution in [3.8, 4) is 0 Å². The topological polar surface area (TPSA) is 59.8 Å². The molecule has 2 aromatic carbocycles. The maximum Gasteiger partial charge on any atom is 0.290 e. The van der Waals surface area contributed by atoms with E-state index in [1.807, 2.05) is 50.2 Å². The molecule has 0 bridgehead atoms. The fourth-order valence-electron chi connectivity index (χ4n) is 3.84. The van der Waals surface area contributed by atoms with Crippen molar-refractivity contribution in [2.45, 2.75) is 26.3 Å². The molecule has 0 saturated carbocycles. The number of benzene rings is 2. The molecule has 2 heterocycles. The molecule has 1 unspecified atom stereocenters. The fraction of sp³-hybridized carbons (Fsp3) is 0.304. The van der Waals surface area contributed by atoms with Gasteiger partial charge in [-0.25, -0.2) is 0 Å². The number of hydrogen-bond acceptors (Lipinski definition) is 4. The minimum Gasteiger partial charge on any atom is -0.450 e. The lowest BCUT2D eigenvalue weighted by atomic mass is 9.97. The highest BCUT2D eigenvalue weighted by molar-refractivity contribution is 5.99. The van der Waals surface area contributed by atoms with Crippen LogP contribution in [0.5, 0.6) is 0 Å². The molecule has 0 spiro atoms. The van der Waals surface area contributed by atoms with Gasteiger partial charge in [-0.2, -0.15) is 0 Å². The molecule has 144 valence electrons. The summed E-state index contributed by atoms with van der Waals surface area (Å²) in [6, 6.07) is 13.0. The number of ether oxygens (including phenoxy) is 1. The molecule has 4 rings (SSSR count). The summed E-state index contributed by atoms with van der Waals surface area (Å²) in [7, 11) is 1.64. The van der Waals surface area contributed by atoms with Crippen LogP contribution in [0.4, 0.5) is 0 Å². The second-order valence-electron chi connectivity index (χ2n) is 7.33. The van der Waals surface area contributed by atoms with E-state index in [2.05, 4.69) is 0 Å². The minimum absolute atomic E-state index is 0.131. The van der Waals surface area contributed by atoms with Crippen LogP contribution in [0.25, 0.3) is 11.0 Å². The SMILES string of the molecule is COCCCN1C(=O)c2oc3ccc(C)cc3c(=O)c2C1c1ccc(C)cc1. The Morgan fingerprint density at radius 2 is 1.75 bits per heavy atom. The van der Waals surface area contributed by atoms with Gasteiger partial charge in [0, 0.05) is 20.3 Å². The zero-order valence-electron chi connectivity index (χ0n) is 16.3. The van der Waals surface area contributed by atoms with Crippen molar-refractivity contribution in [3.05, 3.63) is 80.7 Å². The van der Waals surface area contributed by atoms with Crippen LogP contribution in [0.3, 0.4) is 0 Å². The Morgan fingerprint density at radius 1 is 1.04 bits per heavy atom. The zero-order chi connectivity index (χ0) is 19.8. The number of nitrogens with zero attached hydrogens (tertiary/aromatic N) is 1. The van der Waals surface area contributed by atoms with Gasteiger partial charge in [-0.05, 0) is 38.0 Å². The Kier molecular flexibility index (Phi) is 4.77. The Labute approximate surface area is 163 Å². The van der Waals surface area contributed by atoms with Gasteiger partial charge in [0.05, 0.1) is 17.0 Å². The Bertz CT molecular complexity index is 1100. The van der Waals surface area contributed by atoms with E-state index in [1.54, 1.807) is 18.1 Å². The van der Waals surface area contributed by atoms with Crippen molar-refractivity contribution >= 4 is 16.9 Å². The Morgan fingerprint density at radius 3 is 2.46 bits per heavy atom. The van der Waals surface area contributed by atoms with E-state index in [4.69, 9.17) is 9.15 Å². The van der Waals surface area contributed by atoms with E-state index in [-0.39, 0.29) is 17.1 Å². The maximum atomic E-state index is 13.4. The summed E-state index contributed by atoms with van der Waals surface area (Å²) in [6.45, 7) is 4.98. The molecule has 5 nitrogen and oxygen atoms in total. The van der Waals surface area contributed by atoms with E-state index < -0.39 is 6.04 Å². The van der Waals surface area contributed by atoms with Crippen molar-refractivity contribution in [2.75, 3.05) is 20.3 Å². The van der Waals surface area contributed by atoms with E-state index in [0.29, 0.717) is 36.1 Å². The molecule has 0 fully saturated rings.